The fourth-order valence-electron chi connectivity index (χ4n) is 3.90. The number of nitrogens with zero attached hydrogens (tertiary/aromatic N) is 5. The molecule has 2 amide bonds. The Morgan fingerprint density at radius 1 is 1.03 bits per heavy atom. The first-order valence-corrected chi connectivity index (χ1v) is 11.8. The van der Waals surface area contributed by atoms with Crippen LogP contribution in [0.15, 0.2) is 48.8 Å². The molecule has 200 valence electrons. The number of aromatic nitrogens is 3. The van der Waals surface area contributed by atoms with Gasteiger partial charge >= 0.3 is 6.18 Å². The van der Waals surface area contributed by atoms with Gasteiger partial charge in [-0.2, -0.15) is 13.2 Å². The van der Waals surface area contributed by atoms with Gasteiger partial charge in [0.25, 0.3) is 11.8 Å². The minimum atomic E-state index is -4.53. The summed E-state index contributed by atoms with van der Waals surface area (Å²) in [6.07, 6.45) is -1.47. The van der Waals surface area contributed by atoms with Crippen molar-refractivity contribution >= 4 is 17.6 Å². The van der Waals surface area contributed by atoms with Gasteiger partial charge in [0.05, 0.1) is 12.8 Å². The van der Waals surface area contributed by atoms with Crippen LogP contribution >= 0.6 is 0 Å². The van der Waals surface area contributed by atoms with E-state index in [0.29, 0.717) is 55.5 Å². The van der Waals surface area contributed by atoms with Crippen LogP contribution in [0.4, 0.5) is 23.4 Å². The van der Waals surface area contributed by atoms with Gasteiger partial charge in [-0.15, -0.1) is 10.2 Å². The molecule has 1 aliphatic heterocycles. The van der Waals surface area contributed by atoms with Gasteiger partial charge in [-0.1, -0.05) is 6.07 Å². The number of carbonyl (C=O) groups is 2. The first kappa shape index (κ1) is 26.8. The molecule has 0 radical (unpaired) electrons. The van der Waals surface area contributed by atoms with Crippen molar-refractivity contribution in [2.24, 2.45) is 0 Å². The van der Waals surface area contributed by atoms with E-state index in [1.165, 1.54) is 36.7 Å². The fourth-order valence-corrected chi connectivity index (χ4v) is 3.90. The van der Waals surface area contributed by atoms with Gasteiger partial charge in [0.2, 0.25) is 0 Å². The largest absolute Gasteiger partial charge is 0.492 e. The molecular formula is C25H24F4N6O3. The molecule has 1 aliphatic rings. The number of piperazine rings is 1. The van der Waals surface area contributed by atoms with Crippen molar-refractivity contribution in [2.45, 2.75) is 13.1 Å². The molecule has 0 aliphatic carbocycles. The zero-order valence-corrected chi connectivity index (χ0v) is 20.3. The summed E-state index contributed by atoms with van der Waals surface area (Å²) < 4.78 is 57.1. The van der Waals surface area contributed by atoms with Crippen molar-refractivity contribution in [3.63, 3.8) is 0 Å². The van der Waals surface area contributed by atoms with Gasteiger partial charge in [0.1, 0.15) is 18.1 Å². The summed E-state index contributed by atoms with van der Waals surface area (Å²) in [5.74, 6) is -0.916. The van der Waals surface area contributed by atoms with E-state index in [1.54, 1.807) is 22.3 Å². The van der Waals surface area contributed by atoms with Crippen LogP contribution in [0.5, 0.6) is 5.75 Å². The topological polar surface area (TPSA) is 101 Å². The number of anilines is 1. The van der Waals surface area contributed by atoms with Crippen molar-refractivity contribution in [3.8, 4) is 16.9 Å². The quantitative estimate of drug-likeness (QED) is 0.466. The van der Waals surface area contributed by atoms with Gasteiger partial charge in [-0.3, -0.25) is 14.6 Å². The summed E-state index contributed by atoms with van der Waals surface area (Å²) in [6, 6.07) is 8.75. The third kappa shape index (κ3) is 6.52. The van der Waals surface area contributed by atoms with E-state index in [9.17, 15) is 27.2 Å². The minimum Gasteiger partial charge on any atom is -0.492 e. The number of hydrogen-bond donors (Lipinski definition) is 1. The van der Waals surface area contributed by atoms with Crippen LogP contribution in [0.2, 0.25) is 0 Å². The number of carbonyl (C=O) groups excluding carboxylic acids is 2. The van der Waals surface area contributed by atoms with E-state index in [-0.39, 0.29) is 17.2 Å². The molecule has 1 aromatic carbocycles. The maximum absolute atomic E-state index is 14.9. The second-order valence-electron chi connectivity index (χ2n) is 8.39. The summed E-state index contributed by atoms with van der Waals surface area (Å²) >= 11 is 0. The molecule has 13 heteroatoms. The lowest BCUT2D eigenvalue weighted by Crippen LogP contribution is -2.49. The third-order valence-corrected chi connectivity index (χ3v) is 5.77. The van der Waals surface area contributed by atoms with Crippen molar-refractivity contribution < 1.29 is 31.9 Å². The van der Waals surface area contributed by atoms with E-state index in [0.717, 1.165) is 0 Å². The fraction of sp³-hybridized carbons (Fsp3) is 0.320. The lowest BCUT2D eigenvalue weighted by atomic mass is 10.0. The lowest BCUT2D eigenvalue weighted by molar-refractivity contribution is -0.123. The number of halogens is 4. The van der Waals surface area contributed by atoms with E-state index in [4.69, 9.17) is 4.74 Å². The van der Waals surface area contributed by atoms with Crippen molar-refractivity contribution in [2.75, 3.05) is 44.2 Å². The predicted octanol–water partition coefficient (Wildman–Crippen LogP) is 3.33. The number of amides is 2. The Morgan fingerprint density at radius 2 is 1.79 bits per heavy atom. The summed E-state index contributed by atoms with van der Waals surface area (Å²) in [5.41, 5.74) is 0.806. The SMILES string of the molecule is CCOc1cncc(-c2ccc(C(=O)N3CCN(c4ccc(C(=O)NCC(F)(F)F)nn4)CC3)cc2F)c1. The molecule has 4 rings (SSSR count). The van der Waals surface area contributed by atoms with Crippen molar-refractivity contribution in [1.82, 2.24) is 25.4 Å². The van der Waals surface area contributed by atoms with Gasteiger partial charge in [-0.25, -0.2) is 4.39 Å². The molecule has 0 spiro atoms. The first-order valence-electron chi connectivity index (χ1n) is 11.8. The third-order valence-electron chi connectivity index (χ3n) is 5.77. The van der Waals surface area contributed by atoms with Gasteiger partial charge < -0.3 is 19.9 Å². The van der Waals surface area contributed by atoms with Gasteiger partial charge in [-0.05, 0) is 37.3 Å². The number of rotatable bonds is 7. The van der Waals surface area contributed by atoms with E-state index >= 15 is 0 Å². The molecule has 1 saturated heterocycles. The number of nitrogens with one attached hydrogen (secondary N) is 1. The van der Waals surface area contributed by atoms with Crippen molar-refractivity contribution in [1.29, 1.82) is 0 Å². The Balaban J connectivity index is 1.35. The Labute approximate surface area is 215 Å². The normalized spacial score (nSPS) is 13.8. The van der Waals surface area contributed by atoms with Gasteiger partial charge in [0, 0.05) is 49.1 Å². The molecule has 38 heavy (non-hydrogen) atoms. The lowest BCUT2D eigenvalue weighted by Gasteiger charge is -2.35. The molecule has 1 N–H and O–H groups in total. The van der Waals surface area contributed by atoms with Crippen molar-refractivity contribution in [3.05, 3.63) is 65.9 Å². The van der Waals surface area contributed by atoms with E-state index < -0.39 is 24.4 Å². The average molecular weight is 532 g/mol. The summed E-state index contributed by atoms with van der Waals surface area (Å²) in [7, 11) is 0. The van der Waals surface area contributed by atoms with Crippen LogP contribution in [-0.2, 0) is 0 Å². The average Bonchev–Trinajstić information content (AvgIpc) is 2.91. The number of pyridine rings is 1. The molecule has 9 nitrogen and oxygen atoms in total. The Hall–Kier alpha value is -4.29. The molecule has 1 fully saturated rings. The highest BCUT2D eigenvalue weighted by Gasteiger charge is 2.28. The summed E-state index contributed by atoms with van der Waals surface area (Å²) in [4.78, 5) is 32.3. The Morgan fingerprint density at radius 3 is 2.42 bits per heavy atom. The smallest absolute Gasteiger partial charge is 0.405 e. The Kier molecular flexibility index (Phi) is 8.03. The molecule has 3 heterocycles. The van der Waals surface area contributed by atoms with E-state index in [2.05, 4.69) is 15.2 Å². The molecule has 0 bridgehead atoms. The Bertz CT molecular complexity index is 1300. The summed E-state index contributed by atoms with van der Waals surface area (Å²) in [6.45, 7) is 2.29. The van der Waals surface area contributed by atoms with Crippen LogP contribution in [0, 0.1) is 5.82 Å². The van der Waals surface area contributed by atoms with Crippen LogP contribution in [0.3, 0.4) is 0 Å². The molecule has 0 unspecified atom stereocenters. The minimum absolute atomic E-state index is 0.211. The predicted molar refractivity (Wildman–Crippen MR) is 129 cm³/mol. The maximum atomic E-state index is 14.9. The number of ether oxygens (including phenoxy) is 1. The first-order chi connectivity index (χ1) is 18.1. The molecule has 0 saturated carbocycles. The van der Waals surface area contributed by atoms with Crippen LogP contribution < -0.4 is 15.0 Å². The second kappa shape index (κ2) is 11.4. The molecule has 0 atom stereocenters. The highest BCUT2D eigenvalue weighted by molar-refractivity contribution is 5.95. The second-order valence-corrected chi connectivity index (χ2v) is 8.39. The highest BCUT2D eigenvalue weighted by atomic mass is 19.4. The zero-order valence-electron chi connectivity index (χ0n) is 20.3. The number of benzene rings is 1. The monoisotopic (exact) mass is 532 g/mol. The standard InChI is InChI=1S/C25H24F4N6O3/c1-2-38-18-11-17(13-30-14-18)19-4-3-16(12-20(19)26)24(37)35-9-7-34(8-10-35)22-6-5-21(32-33-22)23(36)31-15-25(27,28)29/h3-6,11-14H,2,7-10,15H2,1H3,(H,31,36). The molecule has 2 aromatic heterocycles. The maximum Gasteiger partial charge on any atom is 0.405 e. The van der Waals surface area contributed by atoms with Crippen LogP contribution in [-0.4, -0.2) is 77.4 Å². The molecule has 3 aromatic rings. The molecular weight excluding hydrogens is 508 g/mol. The zero-order chi connectivity index (χ0) is 27.3. The van der Waals surface area contributed by atoms with E-state index in [1.807, 2.05) is 11.8 Å². The number of alkyl halides is 3. The van der Waals surface area contributed by atoms with Gasteiger partial charge in [0.15, 0.2) is 11.5 Å². The summed E-state index contributed by atoms with van der Waals surface area (Å²) in [5, 5.41) is 9.38. The van der Waals surface area contributed by atoms with Crippen LogP contribution in [0.1, 0.15) is 27.8 Å². The highest BCUT2D eigenvalue weighted by Crippen LogP contribution is 2.27. The van der Waals surface area contributed by atoms with Crippen LogP contribution in [0.25, 0.3) is 11.1 Å². The number of hydrogen-bond acceptors (Lipinski definition) is 7.